The van der Waals surface area contributed by atoms with E-state index >= 15 is 0 Å². The SMILES string of the molecule is COCCNC(=O)c1ccc(C)c(N(C)S(=O)(=O)c2ccc(OC)cc2)c1. The van der Waals surface area contributed by atoms with Crippen LogP contribution in [0.25, 0.3) is 0 Å². The summed E-state index contributed by atoms with van der Waals surface area (Å²) in [6.07, 6.45) is 0. The van der Waals surface area contributed by atoms with Crippen LogP contribution < -0.4 is 14.4 Å². The number of sulfonamides is 1. The molecule has 0 aromatic heterocycles. The second kappa shape index (κ2) is 8.88. The fourth-order valence-corrected chi connectivity index (χ4v) is 3.75. The predicted molar refractivity (Wildman–Crippen MR) is 104 cm³/mol. The number of nitrogens with one attached hydrogen (secondary N) is 1. The first-order valence-electron chi connectivity index (χ1n) is 8.32. The van der Waals surface area contributed by atoms with E-state index in [0.29, 0.717) is 30.2 Å². The zero-order chi connectivity index (χ0) is 20.0. The molecule has 1 amide bonds. The van der Waals surface area contributed by atoms with Gasteiger partial charge in [0.05, 0.1) is 24.3 Å². The van der Waals surface area contributed by atoms with Crippen LogP contribution in [0.4, 0.5) is 5.69 Å². The third kappa shape index (κ3) is 4.78. The first-order chi connectivity index (χ1) is 12.8. The molecule has 0 bridgehead atoms. The molecule has 0 aliphatic heterocycles. The van der Waals surface area contributed by atoms with Gasteiger partial charge in [0.1, 0.15) is 5.75 Å². The molecule has 0 saturated carbocycles. The van der Waals surface area contributed by atoms with Gasteiger partial charge < -0.3 is 14.8 Å². The Morgan fingerprint density at radius 1 is 1.11 bits per heavy atom. The molecule has 2 aromatic carbocycles. The fourth-order valence-electron chi connectivity index (χ4n) is 2.49. The number of hydrogen-bond donors (Lipinski definition) is 1. The van der Waals surface area contributed by atoms with Gasteiger partial charge in [-0.3, -0.25) is 9.10 Å². The molecule has 146 valence electrons. The molecular formula is C19H24N2O5S. The lowest BCUT2D eigenvalue weighted by molar-refractivity contribution is 0.0937. The van der Waals surface area contributed by atoms with Crippen molar-refractivity contribution >= 4 is 21.6 Å². The molecule has 0 radical (unpaired) electrons. The Hall–Kier alpha value is -2.58. The van der Waals surface area contributed by atoms with Crippen molar-refractivity contribution in [2.75, 3.05) is 38.7 Å². The average molecular weight is 392 g/mol. The highest BCUT2D eigenvalue weighted by atomic mass is 32.2. The molecule has 0 aliphatic carbocycles. The van der Waals surface area contributed by atoms with E-state index in [9.17, 15) is 13.2 Å². The Morgan fingerprint density at radius 2 is 1.78 bits per heavy atom. The van der Waals surface area contributed by atoms with Crippen LogP contribution in [0.5, 0.6) is 5.75 Å². The highest BCUT2D eigenvalue weighted by Gasteiger charge is 2.23. The van der Waals surface area contributed by atoms with Crippen molar-refractivity contribution in [1.82, 2.24) is 5.32 Å². The average Bonchev–Trinajstić information content (AvgIpc) is 2.68. The van der Waals surface area contributed by atoms with Gasteiger partial charge in [-0.05, 0) is 48.9 Å². The first kappa shape index (κ1) is 20.7. The van der Waals surface area contributed by atoms with E-state index in [4.69, 9.17) is 9.47 Å². The molecule has 1 N–H and O–H groups in total. The molecule has 27 heavy (non-hydrogen) atoms. The molecule has 0 saturated heterocycles. The lowest BCUT2D eigenvalue weighted by atomic mass is 10.1. The molecule has 0 spiro atoms. The van der Waals surface area contributed by atoms with Gasteiger partial charge >= 0.3 is 0 Å². The minimum absolute atomic E-state index is 0.139. The van der Waals surface area contributed by atoms with Gasteiger partial charge in [-0.15, -0.1) is 0 Å². The number of benzene rings is 2. The first-order valence-corrected chi connectivity index (χ1v) is 9.76. The van der Waals surface area contributed by atoms with Crippen molar-refractivity contribution in [3.63, 3.8) is 0 Å². The molecule has 0 aliphatic rings. The van der Waals surface area contributed by atoms with Crippen LogP contribution in [0.15, 0.2) is 47.4 Å². The zero-order valence-electron chi connectivity index (χ0n) is 15.9. The maximum atomic E-state index is 12.9. The summed E-state index contributed by atoms with van der Waals surface area (Å²) in [6, 6.07) is 11.1. The van der Waals surface area contributed by atoms with Crippen LogP contribution in [0.1, 0.15) is 15.9 Å². The maximum absolute atomic E-state index is 12.9. The number of carbonyl (C=O) groups is 1. The highest BCUT2D eigenvalue weighted by molar-refractivity contribution is 7.92. The molecule has 0 heterocycles. The van der Waals surface area contributed by atoms with Gasteiger partial charge in [0, 0.05) is 26.3 Å². The van der Waals surface area contributed by atoms with E-state index in [-0.39, 0.29) is 10.8 Å². The summed E-state index contributed by atoms with van der Waals surface area (Å²) in [5, 5.41) is 2.72. The second-order valence-corrected chi connectivity index (χ2v) is 7.87. The van der Waals surface area contributed by atoms with Gasteiger partial charge in [0.2, 0.25) is 0 Å². The smallest absolute Gasteiger partial charge is 0.264 e. The number of aryl methyl sites for hydroxylation is 1. The van der Waals surface area contributed by atoms with Gasteiger partial charge in [-0.25, -0.2) is 8.42 Å². The Labute approximate surface area is 160 Å². The molecular weight excluding hydrogens is 368 g/mol. The third-order valence-electron chi connectivity index (χ3n) is 4.12. The molecule has 0 atom stereocenters. The molecule has 2 aromatic rings. The quantitative estimate of drug-likeness (QED) is 0.696. The standard InChI is InChI=1S/C19H24N2O5S/c1-14-5-6-15(19(22)20-11-12-25-3)13-18(14)21(2)27(23,24)17-9-7-16(26-4)8-10-17/h5-10,13H,11-12H2,1-4H3,(H,20,22). The van der Waals surface area contributed by atoms with Crippen molar-refractivity contribution in [3.8, 4) is 5.75 Å². The van der Waals surface area contributed by atoms with Crippen LogP contribution in [0, 0.1) is 6.92 Å². The Bertz CT molecular complexity index is 895. The number of anilines is 1. The number of ether oxygens (including phenoxy) is 2. The number of carbonyl (C=O) groups excluding carboxylic acids is 1. The molecule has 2 rings (SSSR count). The lowest BCUT2D eigenvalue weighted by Gasteiger charge is -2.22. The van der Waals surface area contributed by atoms with Gasteiger partial charge in [-0.2, -0.15) is 0 Å². The van der Waals surface area contributed by atoms with E-state index in [1.165, 1.54) is 30.6 Å². The summed E-state index contributed by atoms with van der Waals surface area (Å²) in [6.45, 7) is 2.57. The zero-order valence-corrected chi connectivity index (χ0v) is 16.7. The van der Waals surface area contributed by atoms with Crippen molar-refractivity contribution in [2.24, 2.45) is 0 Å². The molecule has 7 nitrogen and oxygen atoms in total. The largest absolute Gasteiger partial charge is 0.497 e. The fraction of sp³-hybridized carbons (Fsp3) is 0.316. The molecule has 0 unspecified atom stereocenters. The van der Waals surface area contributed by atoms with E-state index in [1.54, 1.807) is 44.4 Å². The van der Waals surface area contributed by atoms with Crippen molar-refractivity contribution in [2.45, 2.75) is 11.8 Å². The number of methoxy groups -OCH3 is 2. The summed E-state index contributed by atoms with van der Waals surface area (Å²) < 4.78 is 37.0. The lowest BCUT2D eigenvalue weighted by Crippen LogP contribution is -2.29. The molecule has 0 fully saturated rings. The monoisotopic (exact) mass is 392 g/mol. The van der Waals surface area contributed by atoms with Crippen molar-refractivity contribution in [3.05, 3.63) is 53.6 Å². The summed E-state index contributed by atoms with van der Waals surface area (Å²) in [4.78, 5) is 12.4. The van der Waals surface area contributed by atoms with E-state index < -0.39 is 10.0 Å². The Balaban J connectivity index is 2.32. The predicted octanol–water partition coefficient (Wildman–Crippen LogP) is 2.20. The van der Waals surface area contributed by atoms with Crippen LogP contribution >= 0.6 is 0 Å². The summed E-state index contributed by atoms with van der Waals surface area (Å²) in [5.74, 6) is 0.283. The van der Waals surface area contributed by atoms with Crippen LogP contribution in [-0.2, 0) is 14.8 Å². The summed E-state index contributed by atoms with van der Waals surface area (Å²) in [5.41, 5.74) is 1.55. The second-order valence-electron chi connectivity index (χ2n) is 5.90. The summed E-state index contributed by atoms with van der Waals surface area (Å²) >= 11 is 0. The number of rotatable bonds is 8. The maximum Gasteiger partial charge on any atom is 0.264 e. The van der Waals surface area contributed by atoms with E-state index in [0.717, 1.165) is 5.56 Å². The minimum atomic E-state index is -3.78. The summed E-state index contributed by atoms with van der Waals surface area (Å²) in [7, 11) is 0.757. The topological polar surface area (TPSA) is 84.9 Å². The van der Waals surface area contributed by atoms with Crippen molar-refractivity contribution < 1.29 is 22.7 Å². The Morgan fingerprint density at radius 3 is 2.37 bits per heavy atom. The van der Waals surface area contributed by atoms with Crippen LogP contribution in [0.3, 0.4) is 0 Å². The van der Waals surface area contributed by atoms with Gasteiger partial charge in [0.15, 0.2) is 0 Å². The number of amides is 1. The number of nitrogens with zero attached hydrogens (tertiary/aromatic N) is 1. The highest BCUT2D eigenvalue weighted by Crippen LogP contribution is 2.27. The normalized spacial score (nSPS) is 11.1. The third-order valence-corrected chi connectivity index (χ3v) is 5.91. The van der Waals surface area contributed by atoms with Crippen LogP contribution in [0.2, 0.25) is 0 Å². The molecule has 8 heteroatoms. The van der Waals surface area contributed by atoms with E-state index in [2.05, 4.69) is 5.32 Å². The van der Waals surface area contributed by atoms with Gasteiger partial charge in [0.25, 0.3) is 15.9 Å². The number of hydrogen-bond acceptors (Lipinski definition) is 5. The van der Waals surface area contributed by atoms with Gasteiger partial charge in [-0.1, -0.05) is 6.07 Å². The van der Waals surface area contributed by atoms with Crippen molar-refractivity contribution in [1.29, 1.82) is 0 Å². The Kier molecular flexibility index (Phi) is 6.81. The van der Waals surface area contributed by atoms with Crippen LogP contribution in [-0.4, -0.2) is 48.7 Å². The van der Waals surface area contributed by atoms with E-state index in [1.807, 2.05) is 0 Å². The minimum Gasteiger partial charge on any atom is -0.497 e.